The summed E-state index contributed by atoms with van der Waals surface area (Å²) < 4.78 is 17.2. The molecule has 1 fully saturated rings. The van der Waals surface area contributed by atoms with Gasteiger partial charge in [-0.15, -0.1) is 0 Å². The van der Waals surface area contributed by atoms with Gasteiger partial charge in [-0.05, 0) is 0 Å². The molecule has 1 saturated heterocycles. The van der Waals surface area contributed by atoms with Crippen molar-refractivity contribution in [1.29, 1.82) is 0 Å². The lowest BCUT2D eigenvalue weighted by molar-refractivity contribution is -0.0416. The summed E-state index contributed by atoms with van der Waals surface area (Å²) in [4.78, 5) is 0. The number of hydrogen-bond donors (Lipinski definition) is 0. The molecular formula is C16H16O3. The van der Waals surface area contributed by atoms with Gasteiger partial charge in [0, 0.05) is 25.3 Å². The predicted molar refractivity (Wildman–Crippen MR) is 71.3 cm³/mol. The van der Waals surface area contributed by atoms with Crippen molar-refractivity contribution in [3.05, 3.63) is 71.8 Å². The van der Waals surface area contributed by atoms with Gasteiger partial charge in [-0.2, -0.15) is 0 Å². The Kier molecular flexibility index (Phi) is 2.90. The van der Waals surface area contributed by atoms with Gasteiger partial charge >= 0.3 is 0 Å². The van der Waals surface area contributed by atoms with Gasteiger partial charge in [0.05, 0.1) is 0 Å². The Balaban J connectivity index is 2.07. The van der Waals surface area contributed by atoms with E-state index in [1.807, 2.05) is 60.7 Å². The van der Waals surface area contributed by atoms with Crippen molar-refractivity contribution < 1.29 is 14.2 Å². The van der Waals surface area contributed by atoms with Gasteiger partial charge in [0.2, 0.25) is 0 Å². The molecule has 0 bridgehead atoms. The van der Waals surface area contributed by atoms with Crippen LogP contribution in [0.3, 0.4) is 0 Å². The fourth-order valence-corrected chi connectivity index (χ4v) is 2.58. The highest BCUT2D eigenvalue weighted by Gasteiger charge is 2.75. The SMILES string of the molecule is CO[C@@]1(c2ccccc2)O[C@]1(OC)c1ccccc1. The van der Waals surface area contributed by atoms with Crippen molar-refractivity contribution in [3.8, 4) is 0 Å². The van der Waals surface area contributed by atoms with E-state index in [1.54, 1.807) is 14.2 Å². The zero-order valence-electron chi connectivity index (χ0n) is 11.0. The Hall–Kier alpha value is -1.68. The van der Waals surface area contributed by atoms with E-state index < -0.39 is 11.6 Å². The summed E-state index contributed by atoms with van der Waals surface area (Å²) in [6.45, 7) is 0. The lowest BCUT2D eigenvalue weighted by Crippen LogP contribution is -2.26. The third-order valence-electron chi connectivity index (χ3n) is 3.56. The van der Waals surface area contributed by atoms with Crippen molar-refractivity contribution in [1.82, 2.24) is 0 Å². The van der Waals surface area contributed by atoms with Crippen LogP contribution < -0.4 is 0 Å². The number of ether oxygens (including phenoxy) is 3. The molecule has 98 valence electrons. The number of rotatable bonds is 4. The summed E-state index contributed by atoms with van der Waals surface area (Å²) in [5, 5.41) is 0. The van der Waals surface area contributed by atoms with Crippen LogP contribution in [0.15, 0.2) is 60.7 Å². The Bertz CT molecular complexity index is 503. The summed E-state index contributed by atoms with van der Waals surface area (Å²) in [6, 6.07) is 19.7. The van der Waals surface area contributed by atoms with Crippen molar-refractivity contribution in [2.45, 2.75) is 11.6 Å². The first-order chi connectivity index (χ1) is 9.29. The second kappa shape index (κ2) is 4.46. The summed E-state index contributed by atoms with van der Waals surface area (Å²) >= 11 is 0. The average Bonchev–Trinajstić information content (AvgIpc) is 3.20. The quantitative estimate of drug-likeness (QED) is 0.788. The van der Waals surface area contributed by atoms with E-state index in [1.165, 1.54) is 0 Å². The summed E-state index contributed by atoms with van der Waals surface area (Å²) in [6.07, 6.45) is 0. The molecule has 2 aromatic rings. The summed E-state index contributed by atoms with van der Waals surface area (Å²) in [5.74, 6) is -1.74. The molecule has 3 rings (SSSR count). The molecule has 3 heteroatoms. The van der Waals surface area contributed by atoms with E-state index in [4.69, 9.17) is 14.2 Å². The lowest BCUT2D eigenvalue weighted by atomic mass is 9.98. The van der Waals surface area contributed by atoms with Gasteiger partial charge < -0.3 is 9.47 Å². The van der Waals surface area contributed by atoms with Crippen molar-refractivity contribution in [2.75, 3.05) is 14.2 Å². The first kappa shape index (κ1) is 12.4. The van der Waals surface area contributed by atoms with Crippen LogP contribution in [0.5, 0.6) is 0 Å². The minimum Gasteiger partial charge on any atom is -0.345 e. The molecule has 19 heavy (non-hydrogen) atoms. The first-order valence-corrected chi connectivity index (χ1v) is 6.20. The van der Waals surface area contributed by atoms with Gasteiger partial charge in [0.25, 0.3) is 11.6 Å². The second-order valence-corrected chi connectivity index (χ2v) is 4.48. The van der Waals surface area contributed by atoms with E-state index in [9.17, 15) is 0 Å². The zero-order chi connectivity index (χ0) is 13.3. The lowest BCUT2D eigenvalue weighted by Gasteiger charge is -2.18. The maximum Gasteiger partial charge on any atom is 0.258 e. The summed E-state index contributed by atoms with van der Waals surface area (Å²) in [5.41, 5.74) is 1.89. The molecule has 0 N–H and O–H groups in total. The number of epoxide rings is 1. The largest absolute Gasteiger partial charge is 0.345 e. The molecular weight excluding hydrogens is 240 g/mol. The minimum absolute atomic E-state index is 0.871. The van der Waals surface area contributed by atoms with E-state index in [0.29, 0.717) is 0 Å². The molecule has 0 aliphatic carbocycles. The highest BCUT2D eigenvalue weighted by Crippen LogP contribution is 2.62. The highest BCUT2D eigenvalue weighted by atomic mass is 16.9. The van der Waals surface area contributed by atoms with Crippen molar-refractivity contribution >= 4 is 0 Å². The smallest absolute Gasteiger partial charge is 0.258 e. The van der Waals surface area contributed by atoms with E-state index >= 15 is 0 Å². The van der Waals surface area contributed by atoms with Crippen molar-refractivity contribution in [2.24, 2.45) is 0 Å². The topological polar surface area (TPSA) is 31.0 Å². The van der Waals surface area contributed by atoms with Crippen LogP contribution in [0.4, 0.5) is 0 Å². The fraction of sp³-hybridized carbons (Fsp3) is 0.250. The first-order valence-electron chi connectivity index (χ1n) is 6.20. The predicted octanol–water partition coefficient (Wildman–Crippen LogP) is 3.02. The zero-order valence-corrected chi connectivity index (χ0v) is 11.0. The number of hydrogen-bond acceptors (Lipinski definition) is 3. The normalized spacial score (nSPS) is 29.2. The van der Waals surface area contributed by atoms with Gasteiger partial charge in [-0.3, -0.25) is 4.74 Å². The minimum atomic E-state index is -0.871. The van der Waals surface area contributed by atoms with Crippen LogP contribution in [0.25, 0.3) is 0 Å². The molecule has 2 aromatic carbocycles. The Morgan fingerprint density at radius 2 is 1.05 bits per heavy atom. The monoisotopic (exact) mass is 256 g/mol. The molecule has 0 aromatic heterocycles. The molecule has 3 nitrogen and oxygen atoms in total. The Labute approximate surface area is 112 Å². The van der Waals surface area contributed by atoms with Crippen LogP contribution in [0, 0.1) is 0 Å². The number of benzene rings is 2. The average molecular weight is 256 g/mol. The highest BCUT2D eigenvalue weighted by molar-refractivity contribution is 5.36. The van der Waals surface area contributed by atoms with Gasteiger partial charge in [0.1, 0.15) is 0 Å². The van der Waals surface area contributed by atoms with Crippen LogP contribution in [0.2, 0.25) is 0 Å². The molecule has 1 heterocycles. The van der Waals surface area contributed by atoms with Gasteiger partial charge in [-0.1, -0.05) is 60.7 Å². The molecule has 0 unspecified atom stereocenters. The van der Waals surface area contributed by atoms with E-state index in [0.717, 1.165) is 11.1 Å². The maximum absolute atomic E-state index is 5.92. The standard InChI is InChI=1S/C16H16O3/c1-17-15(13-9-5-3-6-10-13)16(18-2,19-15)14-11-7-4-8-12-14/h3-12H,1-2H3/t15-,16+. The van der Waals surface area contributed by atoms with E-state index in [2.05, 4.69) is 0 Å². The molecule has 0 spiro atoms. The van der Waals surface area contributed by atoms with Crippen LogP contribution in [-0.2, 0) is 25.8 Å². The fourth-order valence-electron chi connectivity index (χ4n) is 2.58. The van der Waals surface area contributed by atoms with Crippen LogP contribution in [0.1, 0.15) is 11.1 Å². The molecule has 0 saturated carbocycles. The van der Waals surface area contributed by atoms with Crippen LogP contribution >= 0.6 is 0 Å². The van der Waals surface area contributed by atoms with E-state index in [-0.39, 0.29) is 0 Å². The van der Waals surface area contributed by atoms with Crippen LogP contribution in [-0.4, -0.2) is 14.2 Å². The Morgan fingerprint density at radius 1 is 0.684 bits per heavy atom. The third kappa shape index (κ3) is 1.63. The molecule has 1 aliphatic rings. The number of methoxy groups -OCH3 is 2. The third-order valence-corrected chi connectivity index (χ3v) is 3.56. The maximum atomic E-state index is 5.92. The summed E-state index contributed by atoms with van der Waals surface area (Å²) in [7, 11) is 3.27. The molecule has 0 radical (unpaired) electrons. The Morgan fingerprint density at radius 3 is 1.37 bits per heavy atom. The van der Waals surface area contributed by atoms with Gasteiger partial charge in [-0.25, -0.2) is 0 Å². The molecule has 0 amide bonds. The van der Waals surface area contributed by atoms with Crippen molar-refractivity contribution in [3.63, 3.8) is 0 Å². The second-order valence-electron chi connectivity index (χ2n) is 4.48. The molecule has 1 aliphatic heterocycles. The molecule has 2 atom stereocenters. The van der Waals surface area contributed by atoms with Gasteiger partial charge in [0.15, 0.2) is 0 Å².